The highest BCUT2D eigenvalue weighted by Gasteiger charge is 2.53. The number of hydrogen-bond donors (Lipinski definition) is 1. The Morgan fingerprint density at radius 1 is 1.29 bits per heavy atom. The van der Waals surface area contributed by atoms with Crippen LogP contribution in [0, 0.1) is 11.3 Å². The van der Waals surface area contributed by atoms with Crippen LogP contribution in [0.5, 0.6) is 0 Å². The maximum Gasteiger partial charge on any atom is 0.313 e. The maximum absolute atomic E-state index is 12.2. The SMILES string of the molecule is COC(=O)[C@@H]1[C@H](CCCO)ON2[C@H](COC(=O)C(C)(C)C)CC[C@@H]12. The number of fused-ring (bicyclic) bond motifs is 1. The van der Waals surface area contributed by atoms with Gasteiger partial charge in [0.15, 0.2) is 0 Å². The molecule has 7 nitrogen and oxygen atoms in total. The van der Waals surface area contributed by atoms with Crippen molar-refractivity contribution in [2.24, 2.45) is 11.3 Å². The molecule has 2 saturated heterocycles. The fourth-order valence-electron chi connectivity index (χ4n) is 3.38. The molecule has 138 valence electrons. The number of aliphatic hydroxyl groups is 1. The first-order valence-electron chi connectivity index (χ1n) is 8.60. The molecular formula is C17H29NO6. The summed E-state index contributed by atoms with van der Waals surface area (Å²) in [6.45, 7) is 5.77. The Labute approximate surface area is 143 Å². The van der Waals surface area contributed by atoms with E-state index >= 15 is 0 Å². The van der Waals surface area contributed by atoms with E-state index < -0.39 is 5.41 Å². The molecule has 0 unspecified atom stereocenters. The topological polar surface area (TPSA) is 85.3 Å². The fourth-order valence-corrected chi connectivity index (χ4v) is 3.38. The predicted molar refractivity (Wildman–Crippen MR) is 85.8 cm³/mol. The van der Waals surface area contributed by atoms with Crippen LogP contribution in [0.15, 0.2) is 0 Å². The highest BCUT2D eigenvalue weighted by atomic mass is 16.7. The predicted octanol–water partition coefficient (Wildman–Crippen LogP) is 1.28. The normalized spacial score (nSPS) is 30.2. The zero-order valence-corrected chi connectivity index (χ0v) is 15.0. The lowest BCUT2D eigenvalue weighted by molar-refractivity contribution is -0.189. The van der Waals surface area contributed by atoms with Gasteiger partial charge in [-0.3, -0.25) is 14.4 Å². The Morgan fingerprint density at radius 3 is 2.58 bits per heavy atom. The van der Waals surface area contributed by atoms with Gasteiger partial charge in [-0.25, -0.2) is 0 Å². The van der Waals surface area contributed by atoms with E-state index in [2.05, 4.69) is 0 Å². The molecule has 0 bridgehead atoms. The molecule has 0 aromatic heterocycles. The highest BCUT2D eigenvalue weighted by Crippen LogP contribution is 2.41. The number of hydrogen-bond acceptors (Lipinski definition) is 7. The summed E-state index contributed by atoms with van der Waals surface area (Å²) in [5, 5.41) is 10.9. The number of aliphatic hydroxyl groups excluding tert-OH is 1. The van der Waals surface area contributed by atoms with E-state index in [1.54, 1.807) is 0 Å². The van der Waals surface area contributed by atoms with Gasteiger partial charge in [0.1, 0.15) is 12.5 Å². The first-order valence-corrected chi connectivity index (χ1v) is 8.60. The number of methoxy groups -OCH3 is 1. The molecule has 2 heterocycles. The smallest absolute Gasteiger partial charge is 0.313 e. The van der Waals surface area contributed by atoms with Crippen molar-refractivity contribution in [3.8, 4) is 0 Å². The Kier molecular flexibility index (Phi) is 6.22. The second-order valence-electron chi connectivity index (χ2n) is 7.57. The average Bonchev–Trinajstić information content (AvgIpc) is 3.07. The zero-order valence-electron chi connectivity index (χ0n) is 15.0. The molecule has 7 heteroatoms. The van der Waals surface area contributed by atoms with Crippen LogP contribution in [0.25, 0.3) is 0 Å². The van der Waals surface area contributed by atoms with Gasteiger partial charge in [-0.05, 0) is 46.5 Å². The summed E-state index contributed by atoms with van der Waals surface area (Å²) in [5.74, 6) is -0.880. The summed E-state index contributed by atoms with van der Waals surface area (Å²) in [6.07, 6.45) is 2.48. The first kappa shape index (κ1) is 19.1. The van der Waals surface area contributed by atoms with Crippen molar-refractivity contribution in [1.29, 1.82) is 0 Å². The molecule has 0 saturated carbocycles. The van der Waals surface area contributed by atoms with Crippen molar-refractivity contribution in [3.05, 3.63) is 0 Å². The fraction of sp³-hybridized carbons (Fsp3) is 0.882. The van der Waals surface area contributed by atoms with Crippen molar-refractivity contribution >= 4 is 11.9 Å². The van der Waals surface area contributed by atoms with Crippen LogP contribution in [0.1, 0.15) is 46.5 Å². The molecule has 1 N–H and O–H groups in total. The molecule has 2 aliphatic rings. The molecule has 0 radical (unpaired) electrons. The second-order valence-corrected chi connectivity index (χ2v) is 7.57. The summed E-state index contributed by atoms with van der Waals surface area (Å²) in [7, 11) is 1.38. The van der Waals surface area contributed by atoms with Crippen molar-refractivity contribution in [3.63, 3.8) is 0 Å². The number of carbonyl (C=O) groups is 2. The van der Waals surface area contributed by atoms with Gasteiger partial charge in [0.25, 0.3) is 0 Å². The van der Waals surface area contributed by atoms with Gasteiger partial charge in [-0.15, -0.1) is 0 Å². The summed E-state index contributed by atoms with van der Waals surface area (Å²) in [4.78, 5) is 30.1. The number of hydroxylamine groups is 2. The molecule has 0 aromatic carbocycles. The van der Waals surface area contributed by atoms with Crippen LogP contribution in [0.4, 0.5) is 0 Å². The van der Waals surface area contributed by atoms with E-state index in [1.807, 2.05) is 25.8 Å². The van der Waals surface area contributed by atoms with Crippen molar-refractivity contribution in [2.45, 2.75) is 64.6 Å². The van der Waals surface area contributed by atoms with E-state index in [-0.39, 0.29) is 49.3 Å². The zero-order chi connectivity index (χ0) is 17.9. The van der Waals surface area contributed by atoms with Gasteiger partial charge >= 0.3 is 11.9 Å². The number of rotatable bonds is 6. The maximum atomic E-state index is 12.2. The quantitative estimate of drug-likeness (QED) is 0.727. The summed E-state index contributed by atoms with van der Waals surface area (Å²) < 4.78 is 10.4. The highest BCUT2D eigenvalue weighted by molar-refractivity contribution is 5.75. The molecular weight excluding hydrogens is 314 g/mol. The molecule has 0 spiro atoms. The van der Waals surface area contributed by atoms with E-state index in [4.69, 9.17) is 19.4 Å². The van der Waals surface area contributed by atoms with Crippen molar-refractivity contribution in [1.82, 2.24) is 5.06 Å². The molecule has 2 aliphatic heterocycles. The van der Waals surface area contributed by atoms with Crippen LogP contribution in [-0.4, -0.2) is 60.6 Å². The number of carbonyl (C=O) groups excluding carboxylic acids is 2. The van der Waals surface area contributed by atoms with Gasteiger partial charge in [0.2, 0.25) is 0 Å². The van der Waals surface area contributed by atoms with Gasteiger partial charge in [0, 0.05) is 6.61 Å². The number of nitrogens with zero attached hydrogens (tertiary/aromatic N) is 1. The van der Waals surface area contributed by atoms with Crippen LogP contribution < -0.4 is 0 Å². The second kappa shape index (κ2) is 7.80. The molecule has 2 rings (SSSR count). The Bertz CT molecular complexity index is 460. The molecule has 24 heavy (non-hydrogen) atoms. The van der Waals surface area contributed by atoms with Crippen LogP contribution >= 0.6 is 0 Å². The lowest BCUT2D eigenvalue weighted by atomic mass is 9.91. The molecule has 0 aromatic rings. The molecule has 4 atom stereocenters. The largest absolute Gasteiger partial charge is 0.469 e. The third kappa shape index (κ3) is 4.07. The number of ether oxygens (including phenoxy) is 2. The molecule has 0 amide bonds. The minimum Gasteiger partial charge on any atom is -0.469 e. The minimum atomic E-state index is -0.540. The first-order chi connectivity index (χ1) is 11.3. The lowest BCUT2D eigenvalue weighted by Gasteiger charge is -2.24. The summed E-state index contributed by atoms with van der Waals surface area (Å²) in [5.41, 5.74) is -0.540. The monoisotopic (exact) mass is 343 g/mol. The summed E-state index contributed by atoms with van der Waals surface area (Å²) >= 11 is 0. The van der Waals surface area contributed by atoms with Crippen LogP contribution in [0.2, 0.25) is 0 Å². The Morgan fingerprint density at radius 2 is 2.00 bits per heavy atom. The van der Waals surface area contributed by atoms with Crippen LogP contribution in [-0.2, 0) is 23.9 Å². The third-order valence-corrected chi connectivity index (χ3v) is 4.69. The molecule has 2 fully saturated rings. The van der Waals surface area contributed by atoms with Gasteiger partial charge in [0.05, 0.1) is 30.7 Å². The van der Waals surface area contributed by atoms with Crippen LogP contribution in [0.3, 0.4) is 0 Å². The average molecular weight is 343 g/mol. The minimum absolute atomic E-state index is 0.0485. The number of esters is 2. The lowest BCUT2D eigenvalue weighted by Crippen LogP contribution is -2.38. The van der Waals surface area contributed by atoms with Gasteiger partial charge in [-0.2, -0.15) is 5.06 Å². The van der Waals surface area contributed by atoms with Gasteiger partial charge in [-0.1, -0.05) is 0 Å². The van der Waals surface area contributed by atoms with E-state index in [0.29, 0.717) is 12.8 Å². The van der Waals surface area contributed by atoms with E-state index in [1.165, 1.54) is 7.11 Å². The van der Waals surface area contributed by atoms with E-state index in [0.717, 1.165) is 12.8 Å². The third-order valence-electron chi connectivity index (χ3n) is 4.69. The van der Waals surface area contributed by atoms with Gasteiger partial charge < -0.3 is 14.6 Å². The molecule has 0 aliphatic carbocycles. The Balaban J connectivity index is 2.00. The van der Waals surface area contributed by atoms with Crippen molar-refractivity contribution in [2.75, 3.05) is 20.3 Å². The van der Waals surface area contributed by atoms with Crippen molar-refractivity contribution < 1.29 is 29.0 Å². The standard InChI is InChI=1S/C17H29NO6/c1-17(2,3)16(21)23-10-11-7-8-12-14(15(20)22-4)13(6-5-9-19)24-18(11)12/h11-14,19H,5-10H2,1-4H3/t11-,12-,13-,14-/m0/s1. The summed E-state index contributed by atoms with van der Waals surface area (Å²) in [6, 6.07) is -0.105. The van der Waals surface area contributed by atoms with E-state index in [9.17, 15) is 9.59 Å². The Hall–Kier alpha value is -1.18.